The first-order chi connectivity index (χ1) is 11.8. The van der Waals surface area contributed by atoms with Gasteiger partial charge in [0.05, 0.1) is 12.6 Å². The van der Waals surface area contributed by atoms with Crippen molar-refractivity contribution in [3.63, 3.8) is 0 Å². The smallest absolute Gasteiger partial charge is 0.140 e. The molecular formula is C20H17N3O. The molecule has 0 spiro atoms. The summed E-state index contributed by atoms with van der Waals surface area (Å²) >= 11 is 0. The molecule has 2 heterocycles. The van der Waals surface area contributed by atoms with Crippen molar-refractivity contribution < 1.29 is 4.74 Å². The lowest BCUT2D eigenvalue weighted by molar-refractivity contribution is 0.414. The molecule has 0 unspecified atom stereocenters. The number of methoxy groups -OCH3 is 1. The van der Waals surface area contributed by atoms with Crippen LogP contribution in [0.1, 0.15) is 5.56 Å². The summed E-state index contributed by atoms with van der Waals surface area (Å²) in [6.45, 7) is 0.760. The molecule has 2 aromatic carbocycles. The fraction of sp³-hybridized carbons (Fsp3) is 0.100. The molecule has 0 saturated heterocycles. The average molecular weight is 315 g/mol. The van der Waals surface area contributed by atoms with E-state index < -0.39 is 0 Å². The Bertz CT molecular complexity index is 968. The highest BCUT2D eigenvalue weighted by Gasteiger charge is 2.10. The SMILES string of the molecule is COc1ccc(Cn2ccnc2-c2ccnc3ccccc23)cc1. The molecule has 2 aromatic heterocycles. The monoisotopic (exact) mass is 315 g/mol. The fourth-order valence-corrected chi connectivity index (χ4v) is 2.90. The zero-order valence-electron chi connectivity index (χ0n) is 13.4. The van der Waals surface area contributed by atoms with Crippen molar-refractivity contribution in [2.45, 2.75) is 6.54 Å². The molecule has 0 saturated carbocycles. The standard InChI is InChI=1S/C20H17N3O/c1-24-16-8-6-15(7-9-16)14-23-13-12-22-20(23)18-10-11-21-19-5-3-2-4-17(18)19/h2-13H,14H2,1H3. The van der Waals surface area contributed by atoms with Crippen LogP contribution in [0.3, 0.4) is 0 Å². The van der Waals surface area contributed by atoms with Crippen LogP contribution < -0.4 is 4.74 Å². The van der Waals surface area contributed by atoms with Crippen molar-refractivity contribution in [3.05, 3.63) is 78.8 Å². The molecule has 0 radical (unpaired) electrons. The molecule has 4 nitrogen and oxygen atoms in total. The van der Waals surface area contributed by atoms with E-state index in [1.165, 1.54) is 5.56 Å². The van der Waals surface area contributed by atoms with Gasteiger partial charge in [-0.15, -0.1) is 0 Å². The van der Waals surface area contributed by atoms with Crippen LogP contribution in [0.4, 0.5) is 0 Å². The second kappa shape index (κ2) is 6.16. The number of rotatable bonds is 4. The molecule has 0 amide bonds. The summed E-state index contributed by atoms with van der Waals surface area (Å²) in [6, 6.07) is 18.3. The minimum atomic E-state index is 0.760. The van der Waals surface area contributed by atoms with E-state index in [1.807, 2.05) is 55.0 Å². The van der Waals surface area contributed by atoms with Crippen LogP contribution in [-0.4, -0.2) is 21.6 Å². The van der Waals surface area contributed by atoms with Crippen molar-refractivity contribution in [2.24, 2.45) is 0 Å². The molecule has 0 N–H and O–H groups in total. The van der Waals surface area contributed by atoms with Gasteiger partial charge in [-0.2, -0.15) is 0 Å². The molecule has 118 valence electrons. The van der Waals surface area contributed by atoms with Gasteiger partial charge < -0.3 is 9.30 Å². The second-order valence-corrected chi connectivity index (χ2v) is 5.60. The maximum absolute atomic E-state index is 5.22. The van der Waals surface area contributed by atoms with Crippen LogP contribution in [0.15, 0.2) is 73.2 Å². The maximum Gasteiger partial charge on any atom is 0.140 e. The summed E-state index contributed by atoms with van der Waals surface area (Å²) in [7, 11) is 1.68. The highest BCUT2D eigenvalue weighted by molar-refractivity contribution is 5.92. The third-order valence-corrected chi connectivity index (χ3v) is 4.12. The van der Waals surface area contributed by atoms with Gasteiger partial charge in [-0.25, -0.2) is 4.98 Å². The highest BCUT2D eigenvalue weighted by Crippen LogP contribution is 2.26. The van der Waals surface area contributed by atoms with Gasteiger partial charge in [-0.05, 0) is 29.8 Å². The van der Waals surface area contributed by atoms with Crippen molar-refractivity contribution >= 4 is 10.9 Å². The number of fused-ring (bicyclic) bond motifs is 1. The van der Waals surface area contributed by atoms with E-state index in [1.54, 1.807) is 7.11 Å². The summed E-state index contributed by atoms with van der Waals surface area (Å²) in [4.78, 5) is 9.01. The number of para-hydroxylation sites is 1. The zero-order valence-corrected chi connectivity index (χ0v) is 13.4. The molecule has 4 aromatic rings. The fourth-order valence-electron chi connectivity index (χ4n) is 2.90. The largest absolute Gasteiger partial charge is 0.497 e. The Labute approximate surface area is 140 Å². The first-order valence-corrected chi connectivity index (χ1v) is 7.83. The molecule has 0 fully saturated rings. The Balaban J connectivity index is 1.74. The second-order valence-electron chi connectivity index (χ2n) is 5.60. The van der Waals surface area contributed by atoms with E-state index in [4.69, 9.17) is 4.74 Å². The van der Waals surface area contributed by atoms with Gasteiger partial charge in [-0.3, -0.25) is 4.98 Å². The quantitative estimate of drug-likeness (QED) is 0.568. The highest BCUT2D eigenvalue weighted by atomic mass is 16.5. The molecule has 0 aliphatic rings. The van der Waals surface area contributed by atoms with Crippen LogP contribution in [-0.2, 0) is 6.54 Å². The molecule has 4 rings (SSSR count). The van der Waals surface area contributed by atoms with Crippen LogP contribution in [0.2, 0.25) is 0 Å². The minimum absolute atomic E-state index is 0.760. The van der Waals surface area contributed by atoms with Crippen LogP contribution in [0.5, 0.6) is 5.75 Å². The van der Waals surface area contributed by atoms with Gasteiger partial charge in [0.1, 0.15) is 11.6 Å². The number of pyridine rings is 1. The Morgan fingerprint density at radius 1 is 0.917 bits per heavy atom. The summed E-state index contributed by atoms with van der Waals surface area (Å²) < 4.78 is 7.38. The van der Waals surface area contributed by atoms with E-state index in [0.29, 0.717) is 0 Å². The Morgan fingerprint density at radius 3 is 2.58 bits per heavy atom. The topological polar surface area (TPSA) is 39.9 Å². The first-order valence-electron chi connectivity index (χ1n) is 7.83. The lowest BCUT2D eigenvalue weighted by Gasteiger charge is -2.10. The van der Waals surface area contributed by atoms with Gasteiger partial charge in [0.25, 0.3) is 0 Å². The van der Waals surface area contributed by atoms with Crippen LogP contribution >= 0.6 is 0 Å². The Morgan fingerprint density at radius 2 is 1.75 bits per heavy atom. The number of aromatic nitrogens is 3. The zero-order chi connectivity index (χ0) is 16.4. The van der Waals surface area contributed by atoms with E-state index in [-0.39, 0.29) is 0 Å². The molecule has 0 aliphatic heterocycles. The summed E-state index contributed by atoms with van der Waals surface area (Å²) in [6.07, 6.45) is 5.69. The van der Waals surface area contributed by atoms with Crippen molar-refractivity contribution in [3.8, 4) is 17.1 Å². The van der Waals surface area contributed by atoms with E-state index in [2.05, 4.69) is 32.7 Å². The molecule has 0 atom stereocenters. The van der Waals surface area contributed by atoms with Gasteiger partial charge in [0.2, 0.25) is 0 Å². The number of hydrogen-bond acceptors (Lipinski definition) is 3. The third-order valence-electron chi connectivity index (χ3n) is 4.12. The minimum Gasteiger partial charge on any atom is -0.497 e. The third kappa shape index (κ3) is 2.63. The number of benzene rings is 2. The maximum atomic E-state index is 5.22. The normalized spacial score (nSPS) is 10.9. The first kappa shape index (κ1) is 14.5. The molecule has 0 aliphatic carbocycles. The van der Waals surface area contributed by atoms with Gasteiger partial charge in [0, 0.05) is 36.1 Å². The summed E-state index contributed by atoms with van der Waals surface area (Å²) in [5.41, 5.74) is 3.28. The van der Waals surface area contributed by atoms with Crippen molar-refractivity contribution in [2.75, 3.05) is 7.11 Å². The molecule has 24 heavy (non-hydrogen) atoms. The predicted molar refractivity (Wildman–Crippen MR) is 95.1 cm³/mol. The predicted octanol–water partition coefficient (Wildman–Crippen LogP) is 4.16. The van der Waals surface area contributed by atoms with Gasteiger partial charge >= 0.3 is 0 Å². The van der Waals surface area contributed by atoms with E-state index in [9.17, 15) is 0 Å². The van der Waals surface area contributed by atoms with E-state index >= 15 is 0 Å². The van der Waals surface area contributed by atoms with Crippen LogP contribution in [0, 0.1) is 0 Å². The van der Waals surface area contributed by atoms with Gasteiger partial charge in [0.15, 0.2) is 0 Å². The van der Waals surface area contributed by atoms with Crippen molar-refractivity contribution in [1.29, 1.82) is 0 Å². The summed E-state index contributed by atoms with van der Waals surface area (Å²) in [5, 5.41) is 1.11. The van der Waals surface area contributed by atoms with Gasteiger partial charge in [-0.1, -0.05) is 30.3 Å². The molecule has 0 bridgehead atoms. The lowest BCUT2D eigenvalue weighted by Crippen LogP contribution is -2.01. The average Bonchev–Trinajstić information content (AvgIpc) is 3.10. The molecule has 4 heteroatoms. The molecular weight excluding hydrogens is 298 g/mol. The number of nitrogens with zero attached hydrogens (tertiary/aromatic N) is 3. The van der Waals surface area contributed by atoms with E-state index in [0.717, 1.165) is 34.6 Å². The summed E-state index contributed by atoms with van der Waals surface area (Å²) in [5.74, 6) is 1.81. The Hall–Kier alpha value is -3.14. The van der Waals surface area contributed by atoms with Crippen molar-refractivity contribution in [1.82, 2.24) is 14.5 Å². The van der Waals surface area contributed by atoms with Crippen LogP contribution in [0.25, 0.3) is 22.3 Å². The lowest BCUT2D eigenvalue weighted by atomic mass is 10.1. The number of imidazole rings is 1. The Kier molecular flexibility index (Phi) is 3.71. The number of hydrogen-bond donors (Lipinski definition) is 0. The number of ether oxygens (including phenoxy) is 1.